The fourth-order valence-corrected chi connectivity index (χ4v) is 1.57. The van der Waals surface area contributed by atoms with Crippen molar-refractivity contribution in [2.45, 2.75) is 25.6 Å². The number of hydrogen-bond acceptors (Lipinski definition) is 3. The molecule has 1 aliphatic rings. The van der Waals surface area contributed by atoms with Gasteiger partial charge >= 0.3 is 0 Å². The zero-order chi connectivity index (χ0) is 8.55. The first kappa shape index (κ1) is 7.61. The molecule has 1 aliphatic heterocycles. The normalized spacial score (nSPS) is 23.5. The monoisotopic (exact) mass is 167 g/mol. The Morgan fingerprint density at radius 2 is 2.50 bits per heavy atom. The van der Waals surface area contributed by atoms with Crippen LogP contribution in [0, 0.1) is 0 Å². The average molecular weight is 167 g/mol. The van der Waals surface area contributed by atoms with E-state index in [2.05, 4.69) is 5.10 Å². The summed E-state index contributed by atoms with van der Waals surface area (Å²) in [5, 5.41) is 13.8. The van der Waals surface area contributed by atoms with E-state index in [4.69, 9.17) is 0 Å². The largest absolute Gasteiger partial charge is 0.374 e. The number of anilines is 1. The summed E-state index contributed by atoms with van der Waals surface area (Å²) in [4.78, 5) is 1.86. The number of fused-ring (bicyclic) bond motifs is 1. The van der Waals surface area contributed by atoms with Gasteiger partial charge in [0.25, 0.3) is 0 Å². The fraction of sp³-hybridized carbons (Fsp3) is 0.625. The number of aromatic nitrogens is 2. The van der Waals surface area contributed by atoms with Crippen molar-refractivity contribution in [1.29, 1.82) is 0 Å². The molecule has 0 amide bonds. The third-order valence-corrected chi connectivity index (χ3v) is 2.33. The first-order chi connectivity index (χ1) is 5.79. The molecule has 66 valence electrons. The van der Waals surface area contributed by atoms with Crippen molar-refractivity contribution in [1.82, 2.24) is 9.78 Å². The summed E-state index contributed by atoms with van der Waals surface area (Å²) in [5.41, 5.74) is 0. The lowest BCUT2D eigenvalue weighted by atomic mass is 10.3. The first-order valence-corrected chi connectivity index (χ1v) is 4.22. The van der Waals surface area contributed by atoms with Gasteiger partial charge in [-0.1, -0.05) is 0 Å². The van der Waals surface area contributed by atoms with Crippen LogP contribution in [0.3, 0.4) is 0 Å². The molecule has 1 unspecified atom stereocenters. The van der Waals surface area contributed by atoms with Crippen LogP contribution in [0.1, 0.15) is 12.8 Å². The molecule has 0 aromatic carbocycles. The Kier molecular flexibility index (Phi) is 1.77. The van der Waals surface area contributed by atoms with E-state index in [1.54, 1.807) is 6.20 Å². The molecule has 4 nitrogen and oxygen atoms in total. The van der Waals surface area contributed by atoms with E-state index >= 15 is 0 Å². The Bertz CT molecular complexity index is 271. The first-order valence-electron chi connectivity index (χ1n) is 4.22. The summed E-state index contributed by atoms with van der Waals surface area (Å²) in [6.45, 7) is 0.906. The third-order valence-electron chi connectivity index (χ3n) is 2.33. The van der Waals surface area contributed by atoms with Gasteiger partial charge in [-0.05, 0) is 12.8 Å². The number of aryl methyl sites for hydroxylation is 1. The second-order valence-electron chi connectivity index (χ2n) is 3.15. The van der Waals surface area contributed by atoms with E-state index < -0.39 is 0 Å². The highest BCUT2D eigenvalue weighted by Crippen LogP contribution is 2.20. The minimum atomic E-state index is -0.358. The lowest BCUT2D eigenvalue weighted by Crippen LogP contribution is -2.30. The SMILES string of the molecule is CN1c2ccnn2CCCC1O. The van der Waals surface area contributed by atoms with Gasteiger partial charge in [0.1, 0.15) is 12.0 Å². The Balaban J connectivity index is 2.35. The van der Waals surface area contributed by atoms with Gasteiger partial charge in [-0.3, -0.25) is 0 Å². The van der Waals surface area contributed by atoms with E-state index in [-0.39, 0.29) is 6.23 Å². The van der Waals surface area contributed by atoms with E-state index in [9.17, 15) is 5.11 Å². The summed E-state index contributed by atoms with van der Waals surface area (Å²) in [7, 11) is 1.89. The standard InChI is InChI=1S/C8H13N3O/c1-10-7-4-5-9-11(7)6-2-3-8(10)12/h4-5,8,12H,2-3,6H2,1H3. The van der Waals surface area contributed by atoms with Crippen molar-refractivity contribution in [3.8, 4) is 0 Å². The van der Waals surface area contributed by atoms with Crippen LogP contribution in [-0.2, 0) is 6.54 Å². The van der Waals surface area contributed by atoms with Crippen LogP contribution >= 0.6 is 0 Å². The van der Waals surface area contributed by atoms with Crippen LogP contribution in [0.15, 0.2) is 12.3 Å². The minimum absolute atomic E-state index is 0.358. The van der Waals surface area contributed by atoms with Crippen molar-refractivity contribution in [3.05, 3.63) is 12.3 Å². The zero-order valence-corrected chi connectivity index (χ0v) is 7.14. The van der Waals surface area contributed by atoms with Crippen LogP contribution in [0.2, 0.25) is 0 Å². The molecule has 1 N–H and O–H groups in total. The molecule has 1 atom stereocenters. The summed E-state index contributed by atoms with van der Waals surface area (Å²) in [6, 6.07) is 1.93. The highest BCUT2D eigenvalue weighted by atomic mass is 16.3. The van der Waals surface area contributed by atoms with Crippen molar-refractivity contribution < 1.29 is 5.11 Å². The molecule has 0 saturated carbocycles. The zero-order valence-electron chi connectivity index (χ0n) is 7.14. The summed E-state index contributed by atoms with van der Waals surface area (Å²) >= 11 is 0. The molecule has 2 rings (SSSR count). The number of hydrogen-bond donors (Lipinski definition) is 1. The van der Waals surface area contributed by atoms with Crippen LogP contribution in [0.5, 0.6) is 0 Å². The van der Waals surface area contributed by atoms with Gasteiger partial charge in [0.2, 0.25) is 0 Å². The van der Waals surface area contributed by atoms with Crippen LogP contribution in [0.25, 0.3) is 0 Å². The maximum absolute atomic E-state index is 9.61. The number of rotatable bonds is 0. The highest BCUT2D eigenvalue weighted by Gasteiger charge is 2.18. The third kappa shape index (κ3) is 1.08. The molecule has 1 aromatic heterocycles. The smallest absolute Gasteiger partial charge is 0.128 e. The summed E-state index contributed by atoms with van der Waals surface area (Å²) in [6.07, 6.45) is 3.21. The van der Waals surface area contributed by atoms with Gasteiger partial charge in [-0.15, -0.1) is 0 Å². The lowest BCUT2D eigenvalue weighted by molar-refractivity contribution is 0.165. The number of aliphatic hydroxyl groups is 1. The Morgan fingerprint density at radius 1 is 1.67 bits per heavy atom. The van der Waals surface area contributed by atoms with Crippen molar-refractivity contribution in [3.63, 3.8) is 0 Å². The Morgan fingerprint density at radius 3 is 3.33 bits per heavy atom. The quantitative estimate of drug-likeness (QED) is 0.609. The molecule has 0 spiro atoms. The minimum Gasteiger partial charge on any atom is -0.374 e. The van der Waals surface area contributed by atoms with Gasteiger partial charge in [-0.25, -0.2) is 4.68 Å². The predicted molar refractivity (Wildman–Crippen MR) is 45.9 cm³/mol. The van der Waals surface area contributed by atoms with Crippen molar-refractivity contribution in [2.75, 3.05) is 11.9 Å². The number of aliphatic hydroxyl groups excluding tert-OH is 1. The molecule has 0 bridgehead atoms. The van der Waals surface area contributed by atoms with Gasteiger partial charge in [-0.2, -0.15) is 5.10 Å². The van der Waals surface area contributed by atoms with E-state index in [0.29, 0.717) is 0 Å². The van der Waals surface area contributed by atoms with Gasteiger partial charge in [0.15, 0.2) is 0 Å². The number of nitrogens with zero attached hydrogens (tertiary/aromatic N) is 3. The van der Waals surface area contributed by atoms with Gasteiger partial charge in [0.05, 0.1) is 6.20 Å². The highest BCUT2D eigenvalue weighted by molar-refractivity contribution is 5.38. The lowest BCUT2D eigenvalue weighted by Gasteiger charge is -2.22. The van der Waals surface area contributed by atoms with E-state index in [1.165, 1.54) is 0 Å². The molecule has 0 radical (unpaired) electrons. The second-order valence-corrected chi connectivity index (χ2v) is 3.15. The van der Waals surface area contributed by atoms with E-state index in [0.717, 1.165) is 25.2 Å². The maximum atomic E-state index is 9.61. The molecular weight excluding hydrogens is 154 g/mol. The van der Waals surface area contributed by atoms with E-state index in [1.807, 2.05) is 22.7 Å². The summed E-state index contributed by atoms with van der Waals surface area (Å²) < 4.78 is 1.93. The Hall–Kier alpha value is -1.03. The molecule has 2 heterocycles. The van der Waals surface area contributed by atoms with Crippen LogP contribution in [-0.4, -0.2) is 28.2 Å². The molecule has 12 heavy (non-hydrogen) atoms. The maximum Gasteiger partial charge on any atom is 0.128 e. The Labute approximate surface area is 71.4 Å². The predicted octanol–water partition coefficient (Wildman–Crippen LogP) is 0.431. The molecule has 0 saturated heterocycles. The van der Waals surface area contributed by atoms with Crippen molar-refractivity contribution in [2.24, 2.45) is 0 Å². The van der Waals surface area contributed by atoms with Crippen molar-refractivity contribution >= 4 is 5.82 Å². The molecular formula is C8H13N3O. The second kappa shape index (κ2) is 2.79. The molecule has 0 fully saturated rings. The average Bonchev–Trinajstić information content (AvgIpc) is 2.46. The fourth-order valence-electron chi connectivity index (χ4n) is 1.57. The van der Waals surface area contributed by atoms with Crippen LogP contribution in [0.4, 0.5) is 5.82 Å². The summed E-state index contributed by atoms with van der Waals surface area (Å²) in [5.74, 6) is 1.00. The topological polar surface area (TPSA) is 41.3 Å². The van der Waals surface area contributed by atoms with Gasteiger partial charge < -0.3 is 10.0 Å². The molecule has 4 heteroatoms. The molecule has 1 aromatic rings. The molecule has 0 aliphatic carbocycles. The van der Waals surface area contributed by atoms with Gasteiger partial charge in [0, 0.05) is 19.7 Å². The van der Waals surface area contributed by atoms with Crippen LogP contribution < -0.4 is 4.90 Å².